The molecule has 104 valence electrons. The first-order chi connectivity index (χ1) is 9.58. The molecule has 0 heterocycles. The van der Waals surface area contributed by atoms with Gasteiger partial charge in [0.25, 0.3) is 5.91 Å². The van der Waals surface area contributed by atoms with Gasteiger partial charge in [-0.15, -0.1) is 0 Å². The molecule has 0 saturated heterocycles. The molecule has 0 aromatic heterocycles. The van der Waals surface area contributed by atoms with Crippen LogP contribution in [0.1, 0.15) is 28.8 Å². The molecule has 2 aromatic rings. The number of anilines is 1. The quantitative estimate of drug-likeness (QED) is 0.847. The van der Waals surface area contributed by atoms with Crippen LogP contribution in [-0.4, -0.2) is 12.5 Å². The lowest BCUT2D eigenvalue weighted by Gasteiger charge is -2.13. The number of carbonyl (C=O) groups is 1. The van der Waals surface area contributed by atoms with E-state index >= 15 is 0 Å². The second-order valence-corrected chi connectivity index (χ2v) is 5.17. The number of hydrogen-bond donors (Lipinski definition) is 2. The van der Waals surface area contributed by atoms with Crippen molar-refractivity contribution in [3.05, 3.63) is 64.7 Å². The SMILES string of the molecule is CC(CNC(=O)c1ccc(N)cc1Cl)c1ccccc1. The highest BCUT2D eigenvalue weighted by molar-refractivity contribution is 6.34. The topological polar surface area (TPSA) is 55.1 Å². The molecule has 1 amide bonds. The van der Waals surface area contributed by atoms with Gasteiger partial charge >= 0.3 is 0 Å². The van der Waals surface area contributed by atoms with E-state index in [0.29, 0.717) is 22.8 Å². The summed E-state index contributed by atoms with van der Waals surface area (Å²) in [6.07, 6.45) is 0. The Labute approximate surface area is 123 Å². The van der Waals surface area contributed by atoms with Gasteiger partial charge in [-0.1, -0.05) is 48.9 Å². The van der Waals surface area contributed by atoms with E-state index in [4.69, 9.17) is 17.3 Å². The molecule has 0 saturated carbocycles. The molecule has 2 aromatic carbocycles. The van der Waals surface area contributed by atoms with Crippen molar-refractivity contribution in [2.75, 3.05) is 12.3 Å². The second kappa shape index (κ2) is 6.44. The van der Waals surface area contributed by atoms with Gasteiger partial charge in [-0.25, -0.2) is 0 Å². The monoisotopic (exact) mass is 288 g/mol. The van der Waals surface area contributed by atoms with Crippen molar-refractivity contribution in [3.8, 4) is 0 Å². The maximum Gasteiger partial charge on any atom is 0.252 e. The van der Waals surface area contributed by atoms with Crippen LogP contribution in [0.2, 0.25) is 5.02 Å². The number of nitrogen functional groups attached to an aromatic ring is 1. The summed E-state index contributed by atoms with van der Waals surface area (Å²) in [5, 5.41) is 3.26. The Bertz CT molecular complexity index is 599. The molecule has 0 spiro atoms. The number of nitrogens with two attached hydrogens (primary N) is 1. The van der Waals surface area contributed by atoms with Gasteiger partial charge in [-0.2, -0.15) is 0 Å². The molecule has 0 bridgehead atoms. The third-order valence-corrected chi connectivity index (χ3v) is 3.49. The van der Waals surface area contributed by atoms with E-state index in [1.165, 1.54) is 5.56 Å². The van der Waals surface area contributed by atoms with Gasteiger partial charge in [0.1, 0.15) is 0 Å². The van der Waals surface area contributed by atoms with E-state index in [1.807, 2.05) is 30.3 Å². The average Bonchev–Trinajstić information content (AvgIpc) is 2.45. The first-order valence-electron chi connectivity index (χ1n) is 6.46. The van der Waals surface area contributed by atoms with E-state index in [-0.39, 0.29) is 11.8 Å². The number of nitrogens with one attached hydrogen (secondary N) is 1. The van der Waals surface area contributed by atoms with Crippen molar-refractivity contribution in [1.29, 1.82) is 0 Å². The summed E-state index contributed by atoms with van der Waals surface area (Å²) in [4.78, 5) is 12.1. The molecule has 1 unspecified atom stereocenters. The predicted molar refractivity (Wildman–Crippen MR) is 83.1 cm³/mol. The largest absolute Gasteiger partial charge is 0.399 e. The van der Waals surface area contributed by atoms with E-state index in [0.717, 1.165) is 0 Å². The molecule has 4 heteroatoms. The Morgan fingerprint density at radius 2 is 1.95 bits per heavy atom. The van der Waals surface area contributed by atoms with Gasteiger partial charge in [0.2, 0.25) is 0 Å². The van der Waals surface area contributed by atoms with Gasteiger partial charge in [0.15, 0.2) is 0 Å². The Hall–Kier alpha value is -2.00. The zero-order chi connectivity index (χ0) is 14.5. The molecular weight excluding hydrogens is 272 g/mol. The molecule has 0 radical (unpaired) electrons. The summed E-state index contributed by atoms with van der Waals surface area (Å²) in [6, 6.07) is 14.9. The van der Waals surface area contributed by atoms with Crippen LogP contribution in [0.5, 0.6) is 0 Å². The van der Waals surface area contributed by atoms with Gasteiger partial charge in [0, 0.05) is 12.2 Å². The zero-order valence-electron chi connectivity index (χ0n) is 11.3. The van der Waals surface area contributed by atoms with Crippen molar-refractivity contribution >= 4 is 23.2 Å². The summed E-state index contributed by atoms with van der Waals surface area (Å²) in [5.74, 6) is 0.0606. The minimum Gasteiger partial charge on any atom is -0.399 e. The number of rotatable bonds is 4. The molecule has 0 aliphatic heterocycles. The highest BCUT2D eigenvalue weighted by Crippen LogP contribution is 2.19. The van der Waals surface area contributed by atoms with E-state index < -0.39 is 0 Å². The van der Waals surface area contributed by atoms with Crippen molar-refractivity contribution < 1.29 is 4.79 Å². The van der Waals surface area contributed by atoms with Crippen LogP contribution in [0.25, 0.3) is 0 Å². The summed E-state index contributed by atoms with van der Waals surface area (Å²) in [6.45, 7) is 2.63. The van der Waals surface area contributed by atoms with Crippen LogP contribution >= 0.6 is 11.6 Å². The lowest BCUT2D eigenvalue weighted by Crippen LogP contribution is -2.27. The Kier molecular flexibility index (Phi) is 4.64. The van der Waals surface area contributed by atoms with Crippen molar-refractivity contribution in [1.82, 2.24) is 5.32 Å². The van der Waals surface area contributed by atoms with Gasteiger partial charge in [0.05, 0.1) is 10.6 Å². The Balaban J connectivity index is 1.99. The van der Waals surface area contributed by atoms with Gasteiger partial charge in [-0.05, 0) is 29.7 Å². The fraction of sp³-hybridized carbons (Fsp3) is 0.188. The number of benzene rings is 2. The molecule has 2 rings (SSSR count). The third-order valence-electron chi connectivity index (χ3n) is 3.18. The molecular formula is C16H17ClN2O. The summed E-state index contributed by atoms with van der Waals surface area (Å²) >= 11 is 6.02. The van der Waals surface area contributed by atoms with Crippen LogP contribution < -0.4 is 11.1 Å². The van der Waals surface area contributed by atoms with E-state index in [2.05, 4.69) is 12.2 Å². The molecule has 3 nitrogen and oxygen atoms in total. The molecule has 0 aliphatic rings. The van der Waals surface area contributed by atoms with E-state index in [9.17, 15) is 4.79 Å². The smallest absolute Gasteiger partial charge is 0.252 e. The van der Waals surface area contributed by atoms with Crippen LogP contribution in [0.15, 0.2) is 48.5 Å². The second-order valence-electron chi connectivity index (χ2n) is 4.76. The maximum atomic E-state index is 12.1. The van der Waals surface area contributed by atoms with Crippen LogP contribution in [-0.2, 0) is 0 Å². The highest BCUT2D eigenvalue weighted by atomic mass is 35.5. The van der Waals surface area contributed by atoms with Crippen molar-refractivity contribution in [2.24, 2.45) is 0 Å². The van der Waals surface area contributed by atoms with Crippen molar-refractivity contribution in [2.45, 2.75) is 12.8 Å². The highest BCUT2D eigenvalue weighted by Gasteiger charge is 2.12. The average molecular weight is 289 g/mol. The van der Waals surface area contributed by atoms with Crippen LogP contribution in [0.4, 0.5) is 5.69 Å². The maximum absolute atomic E-state index is 12.1. The number of hydrogen-bond acceptors (Lipinski definition) is 2. The molecule has 1 atom stereocenters. The fourth-order valence-corrected chi connectivity index (χ4v) is 2.23. The fourth-order valence-electron chi connectivity index (χ4n) is 1.96. The molecule has 0 aliphatic carbocycles. The van der Waals surface area contributed by atoms with Crippen LogP contribution in [0, 0.1) is 0 Å². The lowest BCUT2D eigenvalue weighted by atomic mass is 10.0. The zero-order valence-corrected chi connectivity index (χ0v) is 12.0. The first-order valence-corrected chi connectivity index (χ1v) is 6.84. The minimum atomic E-state index is -0.183. The summed E-state index contributed by atoms with van der Waals surface area (Å²) in [5.41, 5.74) is 7.79. The predicted octanol–water partition coefficient (Wildman–Crippen LogP) is 3.46. The molecule has 20 heavy (non-hydrogen) atoms. The summed E-state index contributed by atoms with van der Waals surface area (Å²) in [7, 11) is 0. The van der Waals surface area contributed by atoms with Crippen molar-refractivity contribution in [3.63, 3.8) is 0 Å². The minimum absolute atomic E-state index is 0.183. The molecule has 3 N–H and O–H groups in total. The normalized spacial score (nSPS) is 11.9. The number of amides is 1. The first kappa shape index (κ1) is 14.4. The standard InChI is InChI=1S/C16H17ClN2O/c1-11(12-5-3-2-4-6-12)10-19-16(20)14-8-7-13(18)9-15(14)17/h2-9,11H,10,18H2,1H3,(H,19,20). The van der Waals surface area contributed by atoms with Crippen LogP contribution in [0.3, 0.4) is 0 Å². The lowest BCUT2D eigenvalue weighted by molar-refractivity contribution is 0.0952. The Morgan fingerprint density at radius 3 is 2.60 bits per heavy atom. The number of carbonyl (C=O) groups excluding carboxylic acids is 1. The van der Waals surface area contributed by atoms with Gasteiger partial charge in [-0.3, -0.25) is 4.79 Å². The molecule has 0 fully saturated rings. The van der Waals surface area contributed by atoms with E-state index in [1.54, 1.807) is 18.2 Å². The van der Waals surface area contributed by atoms with Gasteiger partial charge < -0.3 is 11.1 Å². The third kappa shape index (κ3) is 3.52. The Morgan fingerprint density at radius 1 is 1.25 bits per heavy atom. The number of halogens is 1. The summed E-state index contributed by atoms with van der Waals surface area (Å²) < 4.78 is 0.